The second-order valence-corrected chi connectivity index (χ2v) is 10.2. The molecular weight excluding hydrogens is 475 g/mol. The van der Waals surface area contributed by atoms with Crippen LogP contribution in [0, 0.1) is 11.8 Å². The first kappa shape index (κ1) is 24.9. The minimum Gasteiger partial charge on any atom is -0.357 e. The van der Waals surface area contributed by atoms with Crippen molar-refractivity contribution >= 4 is 40.0 Å². The predicted octanol–water partition coefficient (Wildman–Crippen LogP) is 3.19. The molecule has 1 saturated carbocycles. The topological polar surface area (TPSA) is 73.8 Å². The highest BCUT2D eigenvalue weighted by Crippen LogP contribution is 2.30. The number of guanidine groups is 1. The number of rotatable bonds is 7. The fraction of sp³-hybridized carbons (Fsp3) is 0.947. The van der Waals surface area contributed by atoms with Crippen molar-refractivity contribution in [1.82, 2.24) is 14.9 Å². The van der Waals surface area contributed by atoms with E-state index >= 15 is 0 Å². The lowest BCUT2D eigenvalue weighted by Gasteiger charge is -2.32. The fourth-order valence-corrected chi connectivity index (χ4v) is 5.29. The first-order chi connectivity index (χ1) is 12.4. The maximum absolute atomic E-state index is 12.0. The lowest BCUT2D eigenvalue weighted by atomic mass is 9.81. The van der Waals surface area contributed by atoms with E-state index in [0.29, 0.717) is 19.1 Å². The number of aliphatic imine (C=N–C) groups is 1. The molecule has 2 aliphatic rings. The van der Waals surface area contributed by atoms with Gasteiger partial charge in [0, 0.05) is 32.2 Å². The Morgan fingerprint density at radius 1 is 1.15 bits per heavy atom. The summed E-state index contributed by atoms with van der Waals surface area (Å²) >= 11 is 0. The number of nitrogens with zero attached hydrogens (tertiary/aromatic N) is 2. The van der Waals surface area contributed by atoms with E-state index in [2.05, 4.69) is 24.5 Å². The second kappa shape index (κ2) is 12.5. The summed E-state index contributed by atoms with van der Waals surface area (Å²) in [7, 11) is -3.05. The van der Waals surface area contributed by atoms with Gasteiger partial charge in [-0.25, -0.2) is 12.7 Å². The van der Waals surface area contributed by atoms with E-state index < -0.39 is 10.0 Å². The van der Waals surface area contributed by atoms with Crippen LogP contribution in [0.5, 0.6) is 0 Å². The Morgan fingerprint density at radius 2 is 1.85 bits per heavy atom. The van der Waals surface area contributed by atoms with E-state index in [1.165, 1.54) is 32.1 Å². The van der Waals surface area contributed by atoms with E-state index in [1.54, 1.807) is 11.2 Å². The van der Waals surface area contributed by atoms with Crippen molar-refractivity contribution in [3.8, 4) is 0 Å². The summed E-state index contributed by atoms with van der Waals surface area (Å²) in [4.78, 5) is 4.77. The van der Waals surface area contributed by atoms with Crippen molar-refractivity contribution in [2.45, 2.75) is 71.8 Å². The summed E-state index contributed by atoms with van der Waals surface area (Å²) in [5.74, 6) is 2.77. The maximum atomic E-state index is 12.0. The van der Waals surface area contributed by atoms with E-state index in [-0.39, 0.29) is 29.7 Å². The number of piperidine rings is 1. The molecular formula is C19H39IN4O2S. The zero-order valence-corrected chi connectivity index (χ0v) is 20.4. The number of nitrogens with one attached hydrogen (secondary N) is 2. The van der Waals surface area contributed by atoms with Crippen LogP contribution in [0.4, 0.5) is 0 Å². The number of hydrogen-bond acceptors (Lipinski definition) is 3. The first-order valence-corrected chi connectivity index (χ1v) is 12.1. The summed E-state index contributed by atoms with van der Waals surface area (Å²) in [6.07, 6.45) is 8.31. The lowest BCUT2D eigenvalue weighted by molar-refractivity contribution is 0.272. The third-order valence-electron chi connectivity index (χ3n) is 5.75. The predicted molar refractivity (Wildman–Crippen MR) is 124 cm³/mol. The molecule has 27 heavy (non-hydrogen) atoms. The van der Waals surface area contributed by atoms with Crippen LogP contribution >= 0.6 is 24.0 Å². The van der Waals surface area contributed by atoms with Crippen molar-refractivity contribution in [2.24, 2.45) is 16.8 Å². The van der Waals surface area contributed by atoms with Crippen molar-refractivity contribution in [3.05, 3.63) is 0 Å². The molecule has 6 nitrogen and oxygen atoms in total. The minimum atomic E-state index is -3.05. The van der Waals surface area contributed by atoms with Crippen LogP contribution in [0.3, 0.4) is 0 Å². The molecule has 1 aliphatic carbocycles. The van der Waals surface area contributed by atoms with E-state index in [9.17, 15) is 8.42 Å². The van der Waals surface area contributed by atoms with E-state index in [0.717, 1.165) is 43.7 Å². The molecule has 2 unspecified atom stereocenters. The molecule has 0 bridgehead atoms. The number of halogens is 1. The van der Waals surface area contributed by atoms with Gasteiger partial charge in [0.15, 0.2) is 5.96 Å². The largest absolute Gasteiger partial charge is 0.357 e. The average molecular weight is 515 g/mol. The van der Waals surface area contributed by atoms with Crippen molar-refractivity contribution in [3.63, 3.8) is 0 Å². The highest BCUT2D eigenvalue weighted by Gasteiger charge is 2.27. The smallest absolute Gasteiger partial charge is 0.213 e. The monoisotopic (exact) mass is 514 g/mol. The van der Waals surface area contributed by atoms with Crippen LogP contribution in [0.15, 0.2) is 4.99 Å². The third kappa shape index (κ3) is 8.43. The number of hydrogen-bond donors (Lipinski definition) is 2. The lowest BCUT2D eigenvalue weighted by Crippen LogP contribution is -2.50. The Labute approximate surface area is 183 Å². The molecule has 0 aromatic heterocycles. The molecule has 1 aliphatic heterocycles. The van der Waals surface area contributed by atoms with Crippen molar-refractivity contribution in [2.75, 3.05) is 31.9 Å². The summed E-state index contributed by atoms with van der Waals surface area (Å²) in [6, 6.07) is 0.297. The molecule has 0 aromatic rings. The van der Waals surface area contributed by atoms with Crippen LogP contribution in [0.2, 0.25) is 0 Å². The highest BCUT2D eigenvalue weighted by molar-refractivity contribution is 14.0. The SMILES string of the molecule is CCNC(=NCCC1CCCC(C)C1)NC1CCN(S(=O)(=O)CC)CC1.I. The van der Waals surface area contributed by atoms with Crippen LogP contribution in [0.1, 0.15) is 65.7 Å². The normalized spacial score (nSPS) is 25.7. The molecule has 2 atom stereocenters. The fourth-order valence-electron chi connectivity index (χ4n) is 4.16. The molecule has 1 saturated heterocycles. The molecule has 1 heterocycles. The maximum Gasteiger partial charge on any atom is 0.213 e. The first-order valence-electron chi connectivity index (χ1n) is 10.5. The van der Waals surface area contributed by atoms with Gasteiger partial charge in [0.05, 0.1) is 5.75 Å². The average Bonchev–Trinajstić information content (AvgIpc) is 2.62. The molecule has 160 valence electrons. The molecule has 0 radical (unpaired) electrons. The van der Waals surface area contributed by atoms with Gasteiger partial charge in [-0.15, -0.1) is 24.0 Å². The van der Waals surface area contributed by atoms with Crippen LogP contribution < -0.4 is 10.6 Å². The van der Waals surface area contributed by atoms with Gasteiger partial charge < -0.3 is 10.6 Å². The summed E-state index contributed by atoms with van der Waals surface area (Å²) in [6.45, 7) is 9.08. The molecule has 2 fully saturated rings. The van der Waals surface area contributed by atoms with Crippen LogP contribution in [-0.2, 0) is 10.0 Å². The quantitative estimate of drug-likeness (QED) is 0.311. The Bertz CT molecular complexity index is 548. The molecule has 0 amide bonds. The van der Waals surface area contributed by atoms with Gasteiger partial charge in [0.25, 0.3) is 0 Å². The molecule has 8 heteroatoms. The Hall–Kier alpha value is -0.0900. The van der Waals surface area contributed by atoms with Crippen LogP contribution in [0.25, 0.3) is 0 Å². The summed E-state index contributed by atoms with van der Waals surface area (Å²) in [5, 5.41) is 6.85. The van der Waals surface area contributed by atoms with Gasteiger partial charge in [-0.1, -0.05) is 26.2 Å². The molecule has 2 rings (SSSR count). The van der Waals surface area contributed by atoms with Gasteiger partial charge in [0.2, 0.25) is 10.0 Å². The Morgan fingerprint density at radius 3 is 2.44 bits per heavy atom. The number of sulfonamides is 1. The Balaban J connectivity index is 0.00000364. The third-order valence-corrected chi connectivity index (χ3v) is 7.63. The molecule has 0 aromatic carbocycles. The molecule has 2 N–H and O–H groups in total. The van der Waals surface area contributed by atoms with Crippen LogP contribution in [-0.4, -0.2) is 56.7 Å². The standard InChI is InChI=1S/C19H38N4O2S.HI/c1-4-20-19(21-12-9-17-8-6-7-16(3)15-17)22-18-10-13-23(14-11-18)26(24,25)5-2;/h16-18H,4-15H2,1-3H3,(H2,20,21,22);1H. The Kier molecular flexibility index (Phi) is 11.5. The van der Waals surface area contributed by atoms with E-state index in [4.69, 9.17) is 4.99 Å². The van der Waals surface area contributed by atoms with E-state index in [1.807, 2.05) is 0 Å². The van der Waals surface area contributed by atoms with Crippen molar-refractivity contribution < 1.29 is 8.42 Å². The van der Waals surface area contributed by atoms with Gasteiger partial charge in [-0.2, -0.15) is 0 Å². The van der Waals surface area contributed by atoms with Gasteiger partial charge in [-0.3, -0.25) is 4.99 Å². The summed E-state index contributed by atoms with van der Waals surface area (Å²) < 4.78 is 25.6. The highest BCUT2D eigenvalue weighted by atomic mass is 127. The minimum absolute atomic E-state index is 0. The zero-order chi connectivity index (χ0) is 19.0. The van der Waals surface area contributed by atoms with Crippen molar-refractivity contribution in [1.29, 1.82) is 0 Å². The van der Waals surface area contributed by atoms with Gasteiger partial charge in [0.1, 0.15) is 0 Å². The molecule has 0 spiro atoms. The zero-order valence-electron chi connectivity index (χ0n) is 17.2. The summed E-state index contributed by atoms with van der Waals surface area (Å²) in [5.41, 5.74) is 0. The van der Waals surface area contributed by atoms with Gasteiger partial charge in [-0.05, 0) is 51.4 Å². The van der Waals surface area contributed by atoms with Gasteiger partial charge >= 0.3 is 0 Å². The second-order valence-electron chi connectivity index (χ2n) is 7.91.